The quantitative estimate of drug-likeness (QED) is 0.696. The van der Waals surface area contributed by atoms with Crippen molar-refractivity contribution in [1.29, 1.82) is 0 Å². The van der Waals surface area contributed by atoms with Crippen LogP contribution in [0.25, 0.3) is 0 Å². The van der Waals surface area contributed by atoms with Crippen molar-refractivity contribution in [3.05, 3.63) is 35.9 Å². The molecule has 1 saturated heterocycles. The fraction of sp³-hybridized carbons (Fsp3) is 0.545. The van der Waals surface area contributed by atoms with Gasteiger partial charge in [0.1, 0.15) is 0 Å². The summed E-state index contributed by atoms with van der Waals surface area (Å²) >= 11 is 0. The monoisotopic (exact) mass is 433 g/mol. The van der Waals surface area contributed by atoms with Gasteiger partial charge in [-0.15, -0.1) is 0 Å². The molecule has 0 spiro atoms. The Labute approximate surface area is 178 Å². The Morgan fingerprint density at radius 2 is 1.70 bits per heavy atom. The number of primary sulfonamides is 1. The lowest BCUT2D eigenvalue weighted by Crippen LogP contribution is -2.42. The first-order valence-electron chi connectivity index (χ1n) is 10.3. The van der Waals surface area contributed by atoms with E-state index in [-0.39, 0.29) is 39.9 Å². The number of anilines is 1. The van der Waals surface area contributed by atoms with Crippen LogP contribution in [-0.4, -0.2) is 38.2 Å². The van der Waals surface area contributed by atoms with Crippen LogP contribution in [0.5, 0.6) is 0 Å². The number of carbonyl (C=O) groups is 2. The number of hydrogen-bond acceptors (Lipinski definition) is 4. The van der Waals surface area contributed by atoms with Gasteiger partial charge in [0.25, 0.3) is 0 Å². The average Bonchev–Trinajstić information content (AvgIpc) is 3.20. The third-order valence-electron chi connectivity index (χ3n) is 6.32. The molecule has 3 rings (SSSR count). The number of nitrogens with one attached hydrogen (secondary N) is 1. The predicted octanol–water partition coefficient (Wildman–Crippen LogP) is 2.75. The second-order valence-electron chi connectivity index (χ2n) is 9.23. The average molecular weight is 434 g/mol. The predicted molar refractivity (Wildman–Crippen MR) is 116 cm³/mol. The summed E-state index contributed by atoms with van der Waals surface area (Å²) in [5, 5.41) is 7.91. The number of likely N-dealkylation sites (tertiary alicyclic amines) is 1. The van der Waals surface area contributed by atoms with Gasteiger partial charge in [-0.3, -0.25) is 9.59 Å². The highest BCUT2D eigenvalue weighted by atomic mass is 32.2. The third kappa shape index (κ3) is 4.75. The maximum absolute atomic E-state index is 13.0. The van der Waals surface area contributed by atoms with Crippen LogP contribution in [0.15, 0.2) is 40.8 Å². The SMILES string of the molecule is CC(C)=CC1C(C(=O)N2CCC(C(=O)Nc3ccc(S(N)(=O)=O)cc3)CC2)C1(C)C. The molecule has 8 heteroatoms. The van der Waals surface area contributed by atoms with Crippen LogP contribution in [0.2, 0.25) is 0 Å². The standard InChI is InChI=1S/C22H31N3O4S/c1-14(2)13-18-19(22(18,3)4)21(27)25-11-9-15(10-12-25)20(26)24-16-5-7-17(8-6-16)30(23,28)29/h5-8,13,15,18-19H,9-12H2,1-4H3,(H,24,26)(H2,23,28,29). The minimum Gasteiger partial charge on any atom is -0.342 e. The summed E-state index contributed by atoms with van der Waals surface area (Å²) < 4.78 is 22.6. The highest BCUT2D eigenvalue weighted by Gasteiger charge is 2.61. The molecular formula is C22H31N3O4S. The van der Waals surface area contributed by atoms with Crippen LogP contribution in [0, 0.1) is 23.2 Å². The van der Waals surface area contributed by atoms with E-state index in [1.165, 1.54) is 29.8 Å². The van der Waals surface area contributed by atoms with Crippen LogP contribution in [-0.2, 0) is 19.6 Å². The van der Waals surface area contributed by atoms with Crippen molar-refractivity contribution in [3.8, 4) is 0 Å². The third-order valence-corrected chi connectivity index (χ3v) is 7.25. The number of allylic oxidation sites excluding steroid dienone is 2. The van der Waals surface area contributed by atoms with Crippen molar-refractivity contribution in [1.82, 2.24) is 4.90 Å². The number of nitrogens with zero attached hydrogens (tertiary/aromatic N) is 1. The van der Waals surface area contributed by atoms with Gasteiger partial charge in [-0.1, -0.05) is 25.5 Å². The Hall–Kier alpha value is -2.19. The number of rotatable bonds is 5. The van der Waals surface area contributed by atoms with Crippen molar-refractivity contribution in [2.75, 3.05) is 18.4 Å². The van der Waals surface area contributed by atoms with Gasteiger partial charge in [-0.05, 0) is 62.3 Å². The van der Waals surface area contributed by atoms with Gasteiger partial charge in [0, 0.05) is 24.7 Å². The molecule has 2 atom stereocenters. The minimum atomic E-state index is -3.76. The van der Waals surface area contributed by atoms with Crippen molar-refractivity contribution >= 4 is 27.5 Å². The first-order valence-corrected chi connectivity index (χ1v) is 11.8. The van der Waals surface area contributed by atoms with Gasteiger partial charge in [-0.2, -0.15) is 0 Å². The first kappa shape index (κ1) is 22.5. The molecular weight excluding hydrogens is 402 g/mol. The lowest BCUT2D eigenvalue weighted by molar-refractivity contribution is -0.136. The summed E-state index contributed by atoms with van der Waals surface area (Å²) in [5.74, 6) is 0.221. The molecule has 2 fully saturated rings. The van der Waals surface area contributed by atoms with E-state index in [4.69, 9.17) is 5.14 Å². The first-order chi connectivity index (χ1) is 13.9. The van der Waals surface area contributed by atoms with Gasteiger partial charge in [0.2, 0.25) is 21.8 Å². The van der Waals surface area contributed by atoms with Crippen molar-refractivity contribution in [3.63, 3.8) is 0 Å². The summed E-state index contributed by atoms with van der Waals surface area (Å²) in [7, 11) is -3.76. The van der Waals surface area contributed by atoms with Gasteiger partial charge in [-0.25, -0.2) is 13.6 Å². The number of nitrogens with two attached hydrogens (primary N) is 1. The molecule has 1 aromatic rings. The lowest BCUT2D eigenvalue weighted by Gasteiger charge is -2.32. The summed E-state index contributed by atoms with van der Waals surface area (Å²) in [6.07, 6.45) is 3.44. The smallest absolute Gasteiger partial charge is 0.238 e. The Morgan fingerprint density at radius 1 is 1.13 bits per heavy atom. The highest BCUT2D eigenvalue weighted by molar-refractivity contribution is 7.89. The van der Waals surface area contributed by atoms with Gasteiger partial charge < -0.3 is 10.2 Å². The zero-order chi connectivity index (χ0) is 22.3. The summed E-state index contributed by atoms with van der Waals surface area (Å²) in [4.78, 5) is 27.5. The second kappa shape index (κ2) is 8.15. The Balaban J connectivity index is 1.53. The van der Waals surface area contributed by atoms with Crippen LogP contribution in [0.4, 0.5) is 5.69 Å². The molecule has 1 aliphatic carbocycles. The molecule has 7 nitrogen and oxygen atoms in total. The summed E-state index contributed by atoms with van der Waals surface area (Å²) in [5.41, 5.74) is 1.75. The normalized spacial score (nSPS) is 23.6. The van der Waals surface area contributed by atoms with Crippen LogP contribution in [0.1, 0.15) is 40.5 Å². The van der Waals surface area contributed by atoms with Crippen molar-refractivity contribution in [2.45, 2.75) is 45.4 Å². The molecule has 2 aliphatic rings. The van der Waals surface area contributed by atoms with E-state index in [9.17, 15) is 18.0 Å². The van der Waals surface area contributed by atoms with E-state index in [1.54, 1.807) is 0 Å². The zero-order valence-corrected chi connectivity index (χ0v) is 18.8. The highest BCUT2D eigenvalue weighted by Crippen LogP contribution is 2.60. The van der Waals surface area contributed by atoms with Crippen LogP contribution >= 0.6 is 0 Å². The van der Waals surface area contributed by atoms with E-state index in [0.29, 0.717) is 31.6 Å². The molecule has 1 aromatic carbocycles. The van der Waals surface area contributed by atoms with Crippen LogP contribution < -0.4 is 10.5 Å². The summed E-state index contributed by atoms with van der Waals surface area (Å²) in [6, 6.07) is 5.78. The maximum atomic E-state index is 13.0. The molecule has 1 saturated carbocycles. The Morgan fingerprint density at radius 3 is 2.20 bits per heavy atom. The number of hydrogen-bond donors (Lipinski definition) is 2. The molecule has 2 unspecified atom stereocenters. The molecule has 3 N–H and O–H groups in total. The fourth-order valence-electron chi connectivity index (χ4n) is 4.35. The summed E-state index contributed by atoms with van der Waals surface area (Å²) in [6.45, 7) is 9.55. The van der Waals surface area contributed by atoms with Gasteiger partial charge in [0.15, 0.2) is 0 Å². The molecule has 0 bridgehead atoms. The van der Waals surface area contributed by atoms with E-state index in [2.05, 4.69) is 39.1 Å². The molecule has 0 aromatic heterocycles. The number of piperidine rings is 1. The number of benzene rings is 1. The number of carbonyl (C=O) groups excluding carboxylic acids is 2. The largest absolute Gasteiger partial charge is 0.342 e. The van der Waals surface area contributed by atoms with E-state index < -0.39 is 10.0 Å². The van der Waals surface area contributed by atoms with Crippen molar-refractivity contribution < 1.29 is 18.0 Å². The second-order valence-corrected chi connectivity index (χ2v) is 10.8. The van der Waals surface area contributed by atoms with Gasteiger partial charge in [0.05, 0.1) is 10.8 Å². The number of sulfonamides is 1. The fourth-order valence-corrected chi connectivity index (χ4v) is 4.87. The molecule has 1 heterocycles. The number of amides is 2. The lowest BCUT2D eigenvalue weighted by atomic mass is 9.95. The maximum Gasteiger partial charge on any atom is 0.238 e. The Kier molecular flexibility index (Phi) is 6.11. The van der Waals surface area contributed by atoms with E-state index >= 15 is 0 Å². The molecule has 2 amide bonds. The topological polar surface area (TPSA) is 110 Å². The van der Waals surface area contributed by atoms with E-state index in [1.807, 2.05) is 4.90 Å². The Bertz CT molecular complexity index is 955. The molecule has 30 heavy (non-hydrogen) atoms. The molecule has 164 valence electrons. The minimum absolute atomic E-state index is 0.00161. The molecule has 1 aliphatic heterocycles. The van der Waals surface area contributed by atoms with E-state index in [0.717, 1.165) is 0 Å². The van der Waals surface area contributed by atoms with Gasteiger partial charge >= 0.3 is 0 Å². The van der Waals surface area contributed by atoms with Crippen LogP contribution in [0.3, 0.4) is 0 Å². The zero-order valence-electron chi connectivity index (χ0n) is 18.0. The van der Waals surface area contributed by atoms with Crippen molar-refractivity contribution in [2.24, 2.45) is 28.3 Å². The molecule has 0 radical (unpaired) electrons.